The minimum atomic E-state index is -4.01. The first-order valence-corrected chi connectivity index (χ1v) is 6.44. The minimum absolute atomic E-state index is 0. The Labute approximate surface area is 111 Å². The fourth-order valence-corrected chi connectivity index (χ4v) is 2.61. The number of hydrogen-bond donors (Lipinski definition) is 2. The van der Waals surface area contributed by atoms with Crippen molar-refractivity contribution in [2.75, 3.05) is 6.54 Å². The Morgan fingerprint density at radius 2 is 1.89 bits per heavy atom. The van der Waals surface area contributed by atoms with Crippen molar-refractivity contribution in [2.24, 2.45) is 5.73 Å². The molecule has 0 spiro atoms. The molecule has 0 unspecified atom stereocenters. The number of benzene rings is 1. The summed E-state index contributed by atoms with van der Waals surface area (Å²) in [7, 11) is -4.01. The first-order valence-electron chi connectivity index (χ1n) is 4.96. The summed E-state index contributed by atoms with van der Waals surface area (Å²) < 4.78 is 52.1. The van der Waals surface area contributed by atoms with Crippen LogP contribution >= 0.6 is 12.4 Å². The van der Waals surface area contributed by atoms with Crippen molar-refractivity contribution < 1.29 is 17.2 Å². The maximum atomic E-state index is 13.4. The average Bonchev–Trinajstić information content (AvgIpc) is 2.22. The molecule has 0 fully saturated rings. The molecule has 8 heteroatoms. The Bertz CT molecular complexity index is 523. The molecule has 0 saturated heterocycles. The third-order valence-electron chi connectivity index (χ3n) is 2.21. The van der Waals surface area contributed by atoms with E-state index in [1.165, 1.54) is 6.92 Å². The zero-order valence-electron chi connectivity index (χ0n) is 9.91. The van der Waals surface area contributed by atoms with Crippen LogP contribution in [0.5, 0.6) is 0 Å². The zero-order chi connectivity index (χ0) is 13.2. The van der Waals surface area contributed by atoms with Crippen molar-refractivity contribution in [3.05, 3.63) is 29.3 Å². The number of rotatable bonds is 4. The van der Waals surface area contributed by atoms with Crippen LogP contribution in [0.15, 0.2) is 17.0 Å². The van der Waals surface area contributed by atoms with Gasteiger partial charge < -0.3 is 5.73 Å². The van der Waals surface area contributed by atoms with Crippen LogP contribution in [0.1, 0.15) is 12.5 Å². The summed E-state index contributed by atoms with van der Waals surface area (Å²) in [5, 5.41) is 0. The Morgan fingerprint density at radius 1 is 1.33 bits per heavy atom. The summed E-state index contributed by atoms with van der Waals surface area (Å²) in [5.41, 5.74) is 5.33. The molecular formula is C10H15ClF2N2O2S. The third kappa shape index (κ3) is 3.88. The summed E-state index contributed by atoms with van der Waals surface area (Å²) in [6.45, 7) is 2.99. The van der Waals surface area contributed by atoms with Crippen LogP contribution in [0.2, 0.25) is 0 Å². The monoisotopic (exact) mass is 300 g/mol. The van der Waals surface area contributed by atoms with Crippen LogP contribution in [-0.4, -0.2) is 21.0 Å². The Kier molecular flexibility index (Phi) is 6.15. The molecular weight excluding hydrogens is 286 g/mol. The maximum Gasteiger partial charge on any atom is 0.243 e. The highest BCUT2D eigenvalue weighted by atomic mass is 35.5. The normalized spacial score (nSPS) is 12.9. The summed E-state index contributed by atoms with van der Waals surface area (Å²) in [4.78, 5) is -0.572. The van der Waals surface area contributed by atoms with Crippen molar-refractivity contribution in [2.45, 2.75) is 24.8 Å². The topological polar surface area (TPSA) is 72.2 Å². The Balaban J connectivity index is 0.00000289. The van der Waals surface area contributed by atoms with Crippen molar-refractivity contribution in [3.63, 3.8) is 0 Å². The molecule has 4 nitrogen and oxygen atoms in total. The largest absolute Gasteiger partial charge is 0.329 e. The van der Waals surface area contributed by atoms with Crippen molar-refractivity contribution in [1.29, 1.82) is 0 Å². The van der Waals surface area contributed by atoms with Gasteiger partial charge in [0.2, 0.25) is 10.0 Å². The highest BCUT2D eigenvalue weighted by Crippen LogP contribution is 2.18. The number of sulfonamides is 1. The van der Waals surface area contributed by atoms with E-state index in [0.717, 1.165) is 6.07 Å². The fraction of sp³-hybridized carbons (Fsp3) is 0.400. The highest BCUT2D eigenvalue weighted by Gasteiger charge is 2.22. The van der Waals surface area contributed by atoms with Crippen LogP contribution < -0.4 is 10.5 Å². The van der Waals surface area contributed by atoms with E-state index in [9.17, 15) is 17.2 Å². The Morgan fingerprint density at radius 3 is 2.39 bits per heavy atom. The molecule has 0 aromatic heterocycles. The molecule has 3 N–H and O–H groups in total. The average molecular weight is 301 g/mol. The van der Waals surface area contributed by atoms with Crippen molar-refractivity contribution >= 4 is 22.4 Å². The molecule has 0 heterocycles. The summed E-state index contributed by atoms with van der Waals surface area (Å²) in [6, 6.07) is 0.984. The number of nitrogens with one attached hydrogen (secondary N) is 1. The molecule has 0 amide bonds. The molecule has 1 rings (SSSR count). The molecule has 0 aliphatic heterocycles. The van der Waals surface area contributed by atoms with Gasteiger partial charge in [-0.2, -0.15) is 0 Å². The van der Waals surface area contributed by atoms with E-state index in [1.54, 1.807) is 6.92 Å². The molecule has 1 aromatic rings. The van der Waals surface area contributed by atoms with Crippen LogP contribution in [0, 0.1) is 18.6 Å². The summed E-state index contributed by atoms with van der Waals surface area (Å²) in [6.07, 6.45) is 0. The zero-order valence-corrected chi connectivity index (χ0v) is 11.5. The van der Waals surface area contributed by atoms with Gasteiger partial charge in [0.1, 0.15) is 16.5 Å². The van der Waals surface area contributed by atoms with Gasteiger partial charge in [-0.1, -0.05) is 0 Å². The molecule has 1 aromatic carbocycles. The number of hydrogen-bond acceptors (Lipinski definition) is 3. The lowest BCUT2D eigenvalue weighted by molar-refractivity contribution is 0.532. The third-order valence-corrected chi connectivity index (χ3v) is 3.82. The molecule has 0 radical (unpaired) electrons. The predicted octanol–water partition coefficient (Wildman–Crippen LogP) is 1.32. The van der Waals surface area contributed by atoms with Gasteiger partial charge in [-0.25, -0.2) is 21.9 Å². The lowest BCUT2D eigenvalue weighted by atomic mass is 10.2. The van der Waals surface area contributed by atoms with Gasteiger partial charge in [-0.15, -0.1) is 12.4 Å². The second-order valence-electron chi connectivity index (χ2n) is 3.79. The van der Waals surface area contributed by atoms with Gasteiger partial charge in [0.25, 0.3) is 0 Å². The maximum absolute atomic E-state index is 13.4. The molecule has 0 bridgehead atoms. The highest BCUT2D eigenvalue weighted by molar-refractivity contribution is 7.89. The second kappa shape index (κ2) is 6.42. The molecule has 1 atom stereocenters. The van der Waals surface area contributed by atoms with Gasteiger partial charge in [0.05, 0.1) is 0 Å². The van der Waals surface area contributed by atoms with Crippen molar-refractivity contribution in [1.82, 2.24) is 4.72 Å². The molecule has 0 saturated carbocycles. The van der Waals surface area contributed by atoms with Gasteiger partial charge >= 0.3 is 0 Å². The van der Waals surface area contributed by atoms with E-state index in [4.69, 9.17) is 5.73 Å². The lowest BCUT2D eigenvalue weighted by Gasteiger charge is -2.13. The van der Waals surface area contributed by atoms with Gasteiger partial charge in [0.15, 0.2) is 0 Å². The van der Waals surface area contributed by atoms with Gasteiger partial charge in [-0.05, 0) is 25.5 Å². The van der Waals surface area contributed by atoms with Crippen LogP contribution in [0.4, 0.5) is 8.78 Å². The summed E-state index contributed by atoms with van der Waals surface area (Å²) >= 11 is 0. The fourth-order valence-electron chi connectivity index (χ4n) is 1.21. The predicted molar refractivity (Wildman–Crippen MR) is 67.2 cm³/mol. The SMILES string of the molecule is Cc1cc(S(=O)(=O)N[C@@H](C)CN)c(F)cc1F.Cl. The van der Waals surface area contributed by atoms with E-state index in [1.807, 2.05) is 0 Å². The van der Waals surface area contributed by atoms with Gasteiger partial charge in [-0.3, -0.25) is 0 Å². The smallest absolute Gasteiger partial charge is 0.243 e. The lowest BCUT2D eigenvalue weighted by Crippen LogP contribution is -2.38. The van der Waals surface area contributed by atoms with E-state index in [0.29, 0.717) is 6.07 Å². The first kappa shape index (κ1) is 17.2. The quantitative estimate of drug-likeness (QED) is 0.881. The number of nitrogens with two attached hydrogens (primary N) is 1. The number of halogens is 3. The molecule has 104 valence electrons. The standard InChI is InChI=1S/C10H14F2N2O2S.ClH/c1-6-3-10(9(12)4-8(6)11)17(15,16)14-7(2)5-13;/h3-4,7,14H,5,13H2,1-2H3;1H/t7-;/m0./s1. The second-order valence-corrected chi connectivity index (χ2v) is 5.47. The molecule has 0 aliphatic carbocycles. The number of aryl methyl sites for hydroxylation is 1. The van der Waals surface area contributed by atoms with E-state index in [-0.39, 0.29) is 24.5 Å². The van der Waals surface area contributed by atoms with Gasteiger partial charge in [0, 0.05) is 18.7 Å². The Hall–Kier alpha value is -0.760. The van der Waals surface area contributed by atoms with E-state index < -0.39 is 32.6 Å². The first-order chi connectivity index (χ1) is 7.77. The van der Waals surface area contributed by atoms with E-state index in [2.05, 4.69) is 4.72 Å². The summed E-state index contributed by atoms with van der Waals surface area (Å²) in [5.74, 6) is -1.90. The van der Waals surface area contributed by atoms with E-state index >= 15 is 0 Å². The van der Waals surface area contributed by atoms with Crippen LogP contribution in [0.25, 0.3) is 0 Å². The van der Waals surface area contributed by atoms with Crippen LogP contribution in [-0.2, 0) is 10.0 Å². The molecule has 18 heavy (non-hydrogen) atoms. The van der Waals surface area contributed by atoms with Crippen LogP contribution in [0.3, 0.4) is 0 Å². The molecule has 0 aliphatic rings. The minimum Gasteiger partial charge on any atom is -0.329 e. The van der Waals surface area contributed by atoms with Crippen molar-refractivity contribution in [3.8, 4) is 0 Å².